The minimum absolute atomic E-state index is 0.0252. The lowest BCUT2D eigenvalue weighted by Crippen LogP contribution is -2.28. The topological polar surface area (TPSA) is 32.3 Å². The fourth-order valence-corrected chi connectivity index (χ4v) is 1.77. The van der Waals surface area contributed by atoms with Gasteiger partial charge in [0.25, 0.3) is 5.91 Å². The molecule has 3 nitrogen and oxygen atoms in total. The van der Waals surface area contributed by atoms with E-state index in [4.69, 9.17) is 0 Å². The molecular formula is C15H22N2O. The summed E-state index contributed by atoms with van der Waals surface area (Å²) in [6.07, 6.45) is 1.03. The third-order valence-corrected chi connectivity index (χ3v) is 2.58. The van der Waals surface area contributed by atoms with Crippen molar-refractivity contribution < 1.29 is 4.79 Å². The third-order valence-electron chi connectivity index (χ3n) is 2.58. The zero-order valence-electron chi connectivity index (χ0n) is 11.5. The number of hydrogen-bond donors (Lipinski definition) is 1. The molecule has 18 heavy (non-hydrogen) atoms. The first-order valence-electron chi connectivity index (χ1n) is 6.29. The van der Waals surface area contributed by atoms with E-state index in [-0.39, 0.29) is 5.91 Å². The summed E-state index contributed by atoms with van der Waals surface area (Å²) in [7, 11) is 1.80. The highest BCUT2D eigenvalue weighted by Crippen LogP contribution is 2.17. The Morgan fingerprint density at radius 2 is 2.06 bits per heavy atom. The van der Waals surface area contributed by atoms with E-state index in [9.17, 15) is 4.79 Å². The van der Waals surface area contributed by atoms with Crippen LogP contribution in [0.2, 0.25) is 0 Å². The maximum Gasteiger partial charge on any atom is 0.255 e. The van der Waals surface area contributed by atoms with Gasteiger partial charge in [0.2, 0.25) is 0 Å². The zero-order chi connectivity index (χ0) is 13.5. The van der Waals surface area contributed by atoms with Crippen LogP contribution in [0.4, 0.5) is 5.69 Å². The van der Waals surface area contributed by atoms with Crippen molar-refractivity contribution in [2.45, 2.75) is 20.3 Å². The molecule has 0 spiro atoms. The van der Waals surface area contributed by atoms with Crippen LogP contribution in [-0.4, -0.2) is 30.9 Å². The molecule has 0 aliphatic carbocycles. The second kappa shape index (κ2) is 6.84. The van der Waals surface area contributed by atoms with Gasteiger partial charge in [-0.15, -0.1) is 0 Å². The number of carbonyl (C=O) groups excluding carboxylic acids is 1. The molecule has 1 rings (SSSR count). The fraction of sp³-hybridized carbons (Fsp3) is 0.400. The predicted octanol–water partition coefficient (Wildman–Crippen LogP) is 3.16. The van der Waals surface area contributed by atoms with Crippen molar-refractivity contribution in [1.82, 2.24) is 4.90 Å². The average molecular weight is 246 g/mol. The Hall–Kier alpha value is -1.77. The van der Waals surface area contributed by atoms with Crippen molar-refractivity contribution >= 4 is 11.6 Å². The normalized spacial score (nSPS) is 9.94. The van der Waals surface area contributed by atoms with Gasteiger partial charge in [0.05, 0.1) is 5.56 Å². The highest BCUT2D eigenvalue weighted by Gasteiger charge is 2.14. The van der Waals surface area contributed by atoms with Gasteiger partial charge < -0.3 is 10.2 Å². The highest BCUT2D eigenvalue weighted by molar-refractivity contribution is 5.99. The van der Waals surface area contributed by atoms with Crippen molar-refractivity contribution in [3.05, 3.63) is 42.0 Å². The molecule has 3 heteroatoms. The standard InChI is InChI=1S/C15H22N2O/c1-5-10-16-14-9-7-6-8-13(14)15(18)17(4)11-12(2)3/h6-9,16H,2,5,10-11H2,1,3-4H3. The fourth-order valence-electron chi connectivity index (χ4n) is 1.77. The number of para-hydroxylation sites is 1. The van der Waals surface area contributed by atoms with Crippen LogP contribution in [0.3, 0.4) is 0 Å². The summed E-state index contributed by atoms with van der Waals surface area (Å²) in [6.45, 7) is 9.31. The summed E-state index contributed by atoms with van der Waals surface area (Å²) in [5.74, 6) is 0.0252. The number of nitrogens with zero attached hydrogens (tertiary/aromatic N) is 1. The summed E-state index contributed by atoms with van der Waals surface area (Å²) in [5, 5.41) is 3.28. The van der Waals surface area contributed by atoms with E-state index in [1.165, 1.54) is 0 Å². The Labute approximate surface area is 109 Å². The molecule has 0 aliphatic rings. The first kappa shape index (κ1) is 14.3. The Balaban J connectivity index is 2.87. The van der Waals surface area contributed by atoms with Gasteiger partial charge in [-0.1, -0.05) is 31.2 Å². The maximum absolute atomic E-state index is 12.3. The first-order valence-corrected chi connectivity index (χ1v) is 6.29. The number of hydrogen-bond acceptors (Lipinski definition) is 2. The number of likely N-dealkylation sites (N-methyl/N-ethyl adjacent to an activating group) is 1. The second-order valence-electron chi connectivity index (χ2n) is 4.59. The molecule has 1 aromatic rings. The molecule has 0 fully saturated rings. The van der Waals surface area contributed by atoms with Crippen LogP contribution >= 0.6 is 0 Å². The maximum atomic E-state index is 12.3. The molecule has 0 radical (unpaired) electrons. The number of nitrogens with one attached hydrogen (secondary N) is 1. The van der Waals surface area contributed by atoms with Crippen LogP contribution in [0.1, 0.15) is 30.6 Å². The number of rotatable bonds is 6. The summed E-state index contributed by atoms with van der Waals surface area (Å²) in [6, 6.07) is 7.62. The molecule has 0 aliphatic heterocycles. The predicted molar refractivity (Wildman–Crippen MR) is 77.0 cm³/mol. The summed E-state index contributed by atoms with van der Waals surface area (Å²) in [5.41, 5.74) is 2.59. The van der Waals surface area contributed by atoms with Gasteiger partial charge >= 0.3 is 0 Å². The van der Waals surface area contributed by atoms with Crippen molar-refractivity contribution in [2.75, 3.05) is 25.5 Å². The van der Waals surface area contributed by atoms with Gasteiger partial charge in [-0.2, -0.15) is 0 Å². The molecule has 0 aromatic heterocycles. The molecule has 0 bridgehead atoms. The third kappa shape index (κ3) is 3.91. The Bertz CT molecular complexity index is 426. The SMILES string of the molecule is C=C(C)CN(C)C(=O)c1ccccc1NCCC. The number of carbonyl (C=O) groups is 1. The molecular weight excluding hydrogens is 224 g/mol. The van der Waals surface area contributed by atoms with Gasteiger partial charge in [0, 0.05) is 25.8 Å². The Morgan fingerprint density at radius 1 is 1.39 bits per heavy atom. The summed E-state index contributed by atoms with van der Waals surface area (Å²) < 4.78 is 0. The largest absolute Gasteiger partial charge is 0.384 e. The van der Waals surface area contributed by atoms with Crippen LogP contribution in [-0.2, 0) is 0 Å². The highest BCUT2D eigenvalue weighted by atomic mass is 16.2. The van der Waals surface area contributed by atoms with Gasteiger partial charge in [0.15, 0.2) is 0 Å². The van der Waals surface area contributed by atoms with Crippen molar-refractivity contribution in [3.63, 3.8) is 0 Å². The number of amides is 1. The van der Waals surface area contributed by atoms with Crippen molar-refractivity contribution in [3.8, 4) is 0 Å². The average Bonchev–Trinajstić information content (AvgIpc) is 2.35. The zero-order valence-corrected chi connectivity index (χ0v) is 11.5. The van der Waals surface area contributed by atoms with Crippen LogP contribution in [0.5, 0.6) is 0 Å². The Kier molecular flexibility index (Phi) is 5.43. The van der Waals surface area contributed by atoms with E-state index in [1.54, 1.807) is 11.9 Å². The number of benzene rings is 1. The van der Waals surface area contributed by atoms with Gasteiger partial charge in [-0.25, -0.2) is 0 Å². The van der Waals surface area contributed by atoms with E-state index >= 15 is 0 Å². The molecule has 0 saturated heterocycles. The lowest BCUT2D eigenvalue weighted by molar-refractivity contribution is 0.0808. The van der Waals surface area contributed by atoms with E-state index in [0.717, 1.165) is 29.8 Å². The second-order valence-corrected chi connectivity index (χ2v) is 4.59. The molecule has 0 heterocycles. The van der Waals surface area contributed by atoms with Gasteiger partial charge in [-0.3, -0.25) is 4.79 Å². The smallest absolute Gasteiger partial charge is 0.255 e. The minimum atomic E-state index is 0.0252. The molecule has 0 atom stereocenters. The van der Waals surface area contributed by atoms with Crippen LogP contribution in [0, 0.1) is 0 Å². The van der Waals surface area contributed by atoms with Crippen LogP contribution in [0.15, 0.2) is 36.4 Å². The van der Waals surface area contributed by atoms with Crippen molar-refractivity contribution in [2.24, 2.45) is 0 Å². The Morgan fingerprint density at radius 3 is 2.67 bits per heavy atom. The van der Waals surface area contributed by atoms with E-state index in [2.05, 4.69) is 18.8 Å². The van der Waals surface area contributed by atoms with Crippen LogP contribution in [0.25, 0.3) is 0 Å². The minimum Gasteiger partial charge on any atom is -0.384 e. The first-order chi connectivity index (χ1) is 8.56. The molecule has 1 N–H and O–H groups in total. The molecule has 1 amide bonds. The quantitative estimate of drug-likeness (QED) is 0.782. The van der Waals surface area contributed by atoms with E-state index in [0.29, 0.717) is 6.54 Å². The summed E-state index contributed by atoms with van der Waals surface area (Å²) in [4.78, 5) is 14.0. The van der Waals surface area contributed by atoms with E-state index in [1.807, 2.05) is 31.2 Å². The lowest BCUT2D eigenvalue weighted by atomic mass is 10.1. The van der Waals surface area contributed by atoms with Gasteiger partial charge in [-0.05, 0) is 25.5 Å². The summed E-state index contributed by atoms with van der Waals surface area (Å²) >= 11 is 0. The molecule has 1 aromatic carbocycles. The monoisotopic (exact) mass is 246 g/mol. The van der Waals surface area contributed by atoms with Crippen molar-refractivity contribution in [1.29, 1.82) is 0 Å². The molecule has 0 saturated carbocycles. The van der Waals surface area contributed by atoms with E-state index < -0.39 is 0 Å². The molecule has 98 valence electrons. The van der Waals surface area contributed by atoms with Gasteiger partial charge in [0.1, 0.15) is 0 Å². The lowest BCUT2D eigenvalue weighted by Gasteiger charge is -2.19. The molecule has 0 unspecified atom stereocenters. The number of anilines is 1. The van der Waals surface area contributed by atoms with Crippen LogP contribution < -0.4 is 5.32 Å².